The molecule has 3 aromatic rings. The molecule has 0 unspecified atom stereocenters. The minimum atomic E-state index is -0.275. The lowest BCUT2D eigenvalue weighted by molar-refractivity contribution is 0.0980. The van der Waals surface area contributed by atoms with Crippen molar-refractivity contribution in [3.8, 4) is 5.75 Å². The van der Waals surface area contributed by atoms with Gasteiger partial charge in [-0.1, -0.05) is 24.3 Å². The number of hydrogen-bond acceptors (Lipinski definition) is 5. The Hall–Kier alpha value is -3.12. The molecule has 6 heteroatoms. The zero-order chi connectivity index (χ0) is 18.4. The molecule has 0 radical (unpaired) electrons. The van der Waals surface area contributed by atoms with Crippen molar-refractivity contribution in [1.82, 2.24) is 0 Å². The molecule has 4 rings (SSSR count). The molecule has 3 aromatic carbocycles. The van der Waals surface area contributed by atoms with Crippen molar-refractivity contribution in [2.75, 3.05) is 11.1 Å². The predicted octanol–water partition coefficient (Wildman–Crippen LogP) is 4.26. The van der Waals surface area contributed by atoms with E-state index in [1.807, 2.05) is 0 Å². The van der Waals surface area contributed by atoms with Crippen LogP contribution in [-0.2, 0) is 0 Å². The van der Waals surface area contributed by atoms with Gasteiger partial charge in [-0.2, -0.15) is 0 Å². The van der Waals surface area contributed by atoms with Crippen molar-refractivity contribution in [3.63, 3.8) is 0 Å². The number of benzene rings is 3. The van der Waals surface area contributed by atoms with Crippen LogP contribution in [0.25, 0.3) is 0 Å². The van der Waals surface area contributed by atoms with Gasteiger partial charge in [-0.25, -0.2) is 0 Å². The average molecular weight is 409 g/mol. The molecule has 0 saturated heterocycles. The third-order valence-corrected chi connectivity index (χ3v) is 4.99. The topological polar surface area (TPSA) is 92.4 Å². The van der Waals surface area contributed by atoms with Crippen molar-refractivity contribution in [2.24, 2.45) is 0 Å². The summed E-state index contributed by atoms with van der Waals surface area (Å²) in [5, 5.41) is 12.6. The van der Waals surface area contributed by atoms with E-state index in [1.165, 1.54) is 12.1 Å². The van der Waals surface area contributed by atoms with Gasteiger partial charge in [-0.05, 0) is 46.3 Å². The number of halogens is 1. The van der Waals surface area contributed by atoms with E-state index in [-0.39, 0.29) is 34.1 Å². The normalized spacial score (nSPS) is 12.5. The standard InChI is InChI=1S/C20H13BrN2O3/c21-14-9-15(23-10-5-7-11(24)8-6-10)16-17(18(14)22)20(26)13-4-2-1-3-12(13)19(16)25/h1-9,23-24H,22H2. The third kappa shape index (κ3) is 2.46. The smallest absolute Gasteiger partial charge is 0.196 e. The van der Waals surface area contributed by atoms with E-state index in [2.05, 4.69) is 21.2 Å². The van der Waals surface area contributed by atoms with Crippen LogP contribution < -0.4 is 11.1 Å². The van der Waals surface area contributed by atoms with Crippen LogP contribution in [-0.4, -0.2) is 16.7 Å². The lowest BCUT2D eigenvalue weighted by Crippen LogP contribution is -2.23. The van der Waals surface area contributed by atoms with Crippen molar-refractivity contribution < 1.29 is 14.7 Å². The first-order valence-corrected chi connectivity index (χ1v) is 8.63. The Morgan fingerprint density at radius 1 is 0.885 bits per heavy atom. The number of carbonyl (C=O) groups excluding carboxylic acids is 2. The maximum Gasteiger partial charge on any atom is 0.196 e. The molecule has 0 aliphatic heterocycles. The lowest BCUT2D eigenvalue weighted by atomic mass is 9.82. The van der Waals surface area contributed by atoms with Crippen LogP contribution in [0.5, 0.6) is 5.75 Å². The van der Waals surface area contributed by atoms with Gasteiger partial charge in [0, 0.05) is 21.3 Å². The highest BCUT2D eigenvalue weighted by Gasteiger charge is 2.34. The molecule has 0 spiro atoms. The van der Waals surface area contributed by atoms with E-state index in [1.54, 1.807) is 42.5 Å². The number of carbonyl (C=O) groups is 2. The summed E-state index contributed by atoms with van der Waals surface area (Å²) in [5.41, 5.74) is 8.66. The lowest BCUT2D eigenvalue weighted by Gasteiger charge is -2.23. The molecular weight excluding hydrogens is 396 g/mol. The fourth-order valence-electron chi connectivity index (χ4n) is 3.08. The second-order valence-corrected chi connectivity index (χ2v) is 6.80. The number of fused-ring (bicyclic) bond motifs is 2. The summed E-state index contributed by atoms with van der Waals surface area (Å²) in [4.78, 5) is 26.0. The van der Waals surface area contributed by atoms with Crippen LogP contribution in [0.4, 0.5) is 17.1 Å². The highest BCUT2D eigenvalue weighted by molar-refractivity contribution is 9.10. The highest BCUT2D eigenvalue weighted by atomic mass is 79.9. The summed E-state index contributed by atoms with van der Waals surface area (Å²) in [5.74, 6) is -0.394. The van der Waals surface area contributed by atoms with Crippen LogP contribution >= 0.6 is 15.9 Å². The van der Waals surface area contributed by atoms with Gasteiger partial charge in [-0.3, -0.25) is 9.59 Å². The first kappa shape index (κ1) is 16.4. The summed E-state index contributed by atoms with van der Waals surface area (Å²) in [6, 6.07) is 14.8. The summed E-state index contributed by atoms with van der Waals surface area (Å²) in [6.45, 7) is 0. The Morgan fingerprint density at radius 2 is 1.46 bits per heavy atom. The summed E-state index contributed by atoms with van der Waals surface area (Å²) in [7, 11) is 0. The van der Waals surface area contributed by atoms with Crippen molar-refractivity contribution in [1.29, 1.82) is 0 Å². The van der Waals surface area contributed by atoms with Crippen LogP contribution in [0.3, 0.4) is 0 Å². The number of nitrogens with two attached hydrogens (primary N) is 1. The number of phenolic OH excluding ortho intramolecular Hbond substituents is 1. The predicted molar refractivity (Wildman–Crippen MR) is 103 cm³/mol. The van der Waals surface area contributed by atoms with Crippen LogP contribution in [0, 0.1) is 0 Å². The van der Waals surface area contributed by atoms with E-state index in [0.717, 1.165) is 0 Å². The number of ketones is 2. The molecular formula is C20H13BrN2O3. The molecule has 0 aromatic heterocycles. The van der Waals surface area contributed by atoms with E-state index in [9.17, 15) is 14.7 Å². The van der Waals surface area contributed by atoms with Crippen molar-refractivity contribution in [2.45, 2.75) is 0 Å². The number of rotatable bonds is 2. The zero-order valence-corrected chi connectivity index (χ0v) is 15.0. The Morgan fingerprint density at radius 3 is 2.08 bits per heavy atom. The van der Waals surface area contributed by atoms with Gasteiger partial charge in [0.2, 0.25) is 0 Å². The van der Waals surface area contributed by atoms with Crippen LogP contribution in [0.1, 0.15) is 31.8 Å². The molecule has 0 fully saturated rings. The Labute approximate surface area is 157 Å². The van der Waals surface area contributed by atoms with E-state index in [4.69, 9.17) is 5.73 Å². The second kappa shape index (κ2) is 6.00. The van der Waals surface area contributed by atoms with Gasteiger partial charge in [0.25, 0.3) is 0 Å². The maximum absolute atomic E-state index is 13.1. The monoisotopic (exact) mass is 408 g/mol. The van der Waals surface area contributed by atoms with E-state index in [0.29, 0.717) is 27.0 Å². The molecule has 4 N–H and O–H groups in total. The molecule has 0 saturated carbocycles. The summed E-state index contributed by atoms with van der Waals surface area (Å²) < 4.78 is 0.526. The number of anilines is 3. The fourth-order valence-corrected chi connectivity index (χ4v) is 3.51. The Kier molecular flexibility index (Phi) is 3.77. The molecule has 1 aliphatic rings. The minimum absolute atomic E-state index is 0.135. The number of nitrogens with one attached hydrogen (secondary N) is 1. The summed E-state index contributed by atoms with van der Waals surface area (Å²) in [6.07, 6.45) is 0. The zero-order valence-electron chi connectivity index (χ0n) is 13.4. The first-order valence-electron chi connectivity index (χ1n) is 7.84. The molecule has 0 amide bonds. The molecule has 0 atom stereocenters. The van der Waals surface area contributed by atoms with Crippen LogP contribution in [0.15, 0.2) is 59.1 Å². The van der Waals surface area contributed by atoms with E-state index < -0.39 is 0 Å². The molecule has 0 bridgehead atoms. The first-order chi connectivity index (χ1) is 12.5. The summed E-state index contributed by atoms with van der Waals surface area (Å²) >= 11 is 3.37. The highest BCUT2D eigenvalue weighted by Crippen LogP contribution is 2.40. The number of aromatic hydroxyl groups is 1. The molecule has 5 nitrogen and oxygen atoms in total. The maximum atomic E-state index is 13.1. The number of phenols is 1. The van der Waals surface area contributed by atoms with Gasteiger partial charge >= 0.3 is 0 Å². The van der Waals surface area contributed by atoms with Crippen molar-refractivity contribution >= 4 is 44.6 Å². The van der Waals surface area contributed by atoms with Gasteiger partial charge < -0.3 is 16.2 Å². The van der Waals surface area contributed by atoms with Crippen LogP contribution in [0.2, 0.25) is 0 Å². The minimum Gasteiger partial charge on any atom is -0.508 e. The van der Waals surface area contributed by atoms with Gasteiger partial charge in [0.05, 0.1) is 22.5 Å². The number of nitrogen functional groups attached to an aromatic ring is 1. The SMILES string of the molecule is Nc1c(Br)cc(Nc2ccc(O)cc2)c2c1C(=O)c1ccccc1C2=O. The molecule has 1 aliphatic carbocycles. The number of hydrogen-bond donors (Lipinski definition) is 3. The van der Waals surface area contributed by atoms with Gasteiger partial charge in [0.1, 0.15) is 5.75 Å². The molecule has 0 heterocycles. The Bertz CT molecular complexity index is 1080. The second-order valence-electron chi connectivity index (χ2n) is 5.95. The van der Waals surface area contributed by atoms with Gasteiger partial charge in [0.15, 0.2) is 11.6 Å². The average Bonchev–Trinajstić information content (AvgIpc) is 2.64. The molecule has 128 valence electrons. The van der Waals surface area contributed by atoms with Crippen molar-refractivity contribution in [3.05, 3.63) is 81.3 Å². The fraction of sp³-hybridized carbons (Fsp3) is 0. The quantitative estimate of drug-likeness (QED) is 0.340. The Balaban J connectivity index is 1.93. The van der Waals surface area contributed by atoms with Gasteiger partial charge in [-0.15, -0.1) is 0 Å². The largest absolute Gasteiger partial charge is 0.508 e. The third-order valence-electron chi connectivity index (χ3n) is 4.33. The van der Waals surface area contributed by atoms with E-state index >= 15 is 0 Å². The molecule has 26 heavy (non-hydrogen) atoms.